The van der Waals surface area contributed by atoms with Gasteiger partial charge in [-0.1, -0.05) is 41.1 Å². The Kier molecular flexibility index (Phi) is 5.31. The van der Waals surface area contributed by atoms with Crippen LogP contribution in [0.15, 0.2) is 42.5 Å². The lowest BCUT2D eigenvalue weighted by atomic mass is 10.2. The lowest BCUT2D eigenvalue weighted by molar-refractivity contribution is 0.306. The topological polar surface area (TPSA) is 29.5 Å². The third-order valence-electron chi connectivity index (χ3n) is 2.58. The molecule has 0 atom stereocenters. The van der Waals surface area contributed by atoms with Crippen LogP contribution in [0, 0.1) is 11.8 Å². The van der Waals surface area contributed by atoms with E-state index in [1.165, 1.54) is 0 Å². The summed E-state index contributed by atoms with van der Waals surface area (Å²) in [6.45, 7) is 0.227. The first-order valence-electron chi connectivity index (χ1n) is 5.95. The number of aliphatic hydroxyl groups is 1. The van der Waals surface area contributed by atoms with Crippen molar-refractivity contribution >= 4 is 23.2 Å². The molecule has 2 aromatic carbocycles. The van der Waals surface area contributed by atoms with Crippen molar-refractivity contribution in [3.63, 3.8) is 0 Å². The van der Waals surface area contributed by atoms with Crippen molar-refractivity contribution < 1.29 is 9.84 Å². The largest absolute Gasteiger partial charge is 0.489 e. The molecule has 0 saturated heterocycles. The molecule has 0 spiro atoms. The van der Waals surface area contributed by atoms with Crippen molar-refractivity contribution in [2.45, 2.75) is 6.61 Å². The standard InChI is InChI=1S/C16H12Cl2O2/c17-14-6-5-13(16(18)10-14)11-20-15-7-3-12(4-8-15)2-1-9-19/h3-8,10,19H,9,11H2. The highest BCUT2D eigenvalue weighted by molar-refractivity contribution is 6.35. The molecular weight excluding hydrogens is 295 g/mol. The Labute approximate surface area is 127 Å². The van der Waals surface area contributed by atoms with E-state index >= 15 is 0 Å². The van der Waals surface area contributed by atoms with Crippen LogP contribution in [0.4, 0.5) is 0 Å². The number of rotatable bonds is 3. The minimum Gasteiger partial charge on any atom is -0.489 e. The van der Waals surface area contributed by atoms with Gasteiger partial charge in [-0.25, -0.2) is 0 Å². The zero-order chi connectivity index (χ0) is 14.4. The monoisotopic (exact) mass is 306 g/mol. The first kappa shape index (κ1) is 14.7. The van der Waals surface area contributed by atoms with Crippen molar-refractivity contribution in [1.29, 1.82) is 0 Å². The van der Waals surface area contributed by atoms with Crippen LogP contribution in [0.25, 0.3) is 0 Å². The van der Waals surface area contributed by atoms with Crippen LogP contribution in [0.1, 0.15) is 11.1 Å². The molecule has 2 aromatic rings. The van der Waals surface area contributed by atoms with E-state index in [1.54, 1.807) is 12.1 Å². The summed E-state index contributed by atoms with van der Waals surface area (Å²) in [6, 6.07) is 12.6. The van der Waals surface area contributed by atoms with Gasteiger partial charge in [-0.3, -0.25) is 0 Å². The van der Waals surface area contributed by atoms with E-state index in [0.717, 1.165) is 16.9 Å². The van der Waals surface area contributed by atoms with E-state index in [1.807, 2.05) is 30.3 Å². The molecule has 0 aromatic heterocycles. The van der Waals surface area contributed by atoms with Gasteiger partial charge >= 0.3 is 0 Å². The lowest BCUT2D eigenvalue weighted by Gasteiger charge is -2.08. The smallest absolute Gasteiger partial charge is 0.119 e. The number of ether oxygens (including phenoxy) is 1. The van der Waals surface area contributed by atoms with Gasteiger partial charge in [0.1, 0.15) is 19.0 Å². The van der Waals surface area contributed by atoms with Gasteiger partial charge in [0.25, 0.3) is 0 Å². The van der Waals surface area contributed by atoms with Gasteiger partial charge in [0.05, 0.1) is 0 Å². The van der Waals surface area contributed by atoms with Crippen molar-refractivity contribution in [2.24, 2.45) is 0 Å². The zero-order valence-corrected chi connectivity index (χ0v) is 12.1. The minimum absolute atomic E-state index is 0.146. The highest BCUT2D eigenvalue weighted by Gasteiger charge is 2.02. The molecule has 102 valence electrons. The second-order valence-electron chi connectivity index (χ2n) is 4.01. The fraction of sp³-hybridized carbons (Fsp3) is 0.125. The first-order chi connectivity index (χ1) is 9.69. The predicted molar refractivity (Wildman–Crippen MR) is 81.2 cm³/mol. The highest BCUT2D eigenvalue weighted by Crippen LogP contribution is 2.22. The van der Waals surface area contributed by atoms with Crippen LogP contribution in [0.5, 0.6) is 5.75 Å². The quantitative estimate of drug-likeness (QED) is 0.871. The molecule has 0 bridgehead atoms. The van der Waals surface area contributed by atoms with Gasteiger partial charge in [0.15, 0.2) is 0 Å². The summed E-state index contributed by atoms with van der Waals surface area (Å²) in [7, 11) is 0. The number of aliphatic hydroxyl groups excluding tert-OH is 1. The van der Waals surface area contributed by atoms with Crippen molar-refractivity contribution in [3.05, 3.63) is 63.6 Å². The number of benzene rings is 2. The van der Waals surface area contributed by atoms with Crippen LogP contribution in [-0.2, 0) is 6.61 Å². The van der Waals surface area contributed by atoms with Crippen molar-refractivity contribution in [1.82, 2.24) is 0 Å². The second kappa shape index (κ2) is 7.21. The van der Waals surface area contributed by atoms with Crippen molar-refractivity contribution in [3.8, 4) is 17.6 Å². The van der Waals surface area contributed by atoms with E-state index in [9.17, 15) is 0 Å². The number of hydrogen-bond donors (Lipinski definition) is 1. The van der Waals surface area contributed by atoms with E-state index in [4.69, 9.17) is 33.0 Å². The number of hydrogen-bond acceptors (Lipinski definition) is 2. The summed E-state index contributed by atoms with van der Waals surface area (Å²) in [5, 5.41) is 9.81. The van der Waals surface area contributed by atoms with E-state index < -0.39 is 0 Å². The van der Waals surface area contributed by atoms with E-state index in [2.05, 4.69) is 11.8 Å². The second-order valence-corrected chi connectivity index (χ2v) is 4.85. The molecule has 0 aliphatic heterocycles. The van der Waals surface area contributed by atoms with Crippen LogP contribution in [0.3, 0.4) is 0 Å². The summed E-state index contributed by atoms with van der Waals surface area (Å²) in [6.07, 6.45) is 0. The number of halogens is 2. The van der Waals surface area contributed by atoms with Crippen molar-refractivity contribution in [2.75, 3.05) is 6.61 Å². The fourth-order valence-electron chi connectivity index (χ4n) is 1.58. The lowest BCUT2D eigenvalue weighted by Crippen LogP contribution is -1.96. The maximum Gasteiger partial charge on any atom is 0.119 e. The molecule has 1 N–H and O–H groups in total. The summed E-state index contributed by atoms with van der Waals surface area (Å²) in [4.78, 5) is 0. The minimum atomic E-state index is -0.146. The molecule has 0 radical (unpaired) electrons. The van der Waals surface area contributed by atoms with E-state index in [-0.39, 0.29) is 6.61 Å². The maximum absolute atomic E-state index is 8.62. The molecular formula is C16H12Cl2O2. The third-order valence-corrected chi connectivity index (χ3v) is 3.16. The Morgan fingerprint density at radius 3 is 2.45 bits per heavy atom. The summed E-state index contributed by atoms with van der Waals surface area (Å²) >= 11 is 11.9. The molecule has 0 heterocycles. The van der Waals surface area contributed by atoms with Gasteiger partial charge in [-0.05, 0) is 36.4 Å². The Morgan fingerprint density at radius 1 is 1.05 bits per heavy atom. The van der Waals surface area contributed by atoms with E-state index in [0.29, 0.717) is 16.7 Å². The average Bonchev–Trinajstić information content (AvgIpc) is 2.45. The Morgan fingerprint density at radius 2 is 1.80 bits per heavy atom. The summed E-state index contributed by atoms with van der Waals surface area (Å²) < 4.78 is 5.65. The van der Waals surface area contributed by atoms with Gasteiger partial charge in [0, 0.05) is 21.2 Å². The molecule has 2 nitrogen and oxygen atoms in total. The van der Waals surface area contributed by atoms with Crippen LogP contribution in [0.2, 0.25) is 10.0 Å². The molecule has 0 amide bonds. The van der Waals surface area contributed by atoms with Crippen LogP contribution >= 0.6 is 23.2 Å². The normalized spacial score (nSPS) is 9.75. The Balaban J connectivity index is 2.00. The molecule has 0 aliphatic carbocycles. The molecule has 0 fully saturated rings. The molecule has 0 saturated carbocycles. The summed E-state index contributed by atoms with van der Waals surface area (Å²) in [5.41, 5.74) is 1.70. The highest BCUT2D eigenvalue weighted by atomic mass is 35.5. The van der Waals surface area contributed by atoms with Gasteiger partial charge in [-0.15, -0.1) is 0 Å². The summed E-state index contributed by atoms with van der Waals surface area (Å²) in [5.74, 6) is 6.14. The predicted octanol–water partition coefficient (Wildman–Crippen LogP) is 3.92. The van der Waals surface area contributed by atoms with Gasteiger partial charge in [0.2, 0.25) is 0 Å². The van der Waals surface area contributed by atoms with Crippen LogP contribution in [-0.4, -0.2) is 11.7 Å². The molecule has 4 heteroatoms. The zero-order valence-electron chi connectivity index (χ0n) is 10.6. The molecule has 0 unspecified atom stereocenters. The molecule has 20 heavy (non-hydrogen) atoms. The Bertz CT molecular complexity index is 640. The van der Waals surface area contributed by atoms with Gasteiger partial charge < -0.3 is 9.84 Å². The van der Waals surface area contributed by atoms with Gasteiger partial charge in [-0.2, -0.15) is 0 Å². The SMILES string of the molecule is OCC#Cc1ccc(OCc2ccc(Cl)cc2Cl)cc1. The fourth-order valence-corrected chi connectivity index (χ4v) is 2.04. The molecule has 2 rings (SSSR count). The third kappa shape index (κ3) is 4.18. The molecule has 0 aliphatic rings. The van der Waals surface area contributed by atoms with Crippen LogP contribution < -0.4 is 4.74 Å². The first-order valence-corrected chi connectivity index (χ1v) is 6.71. The Hall–Kier alpha value is -1.66. The average molecular weight is 307 g/mol. The maximum atomic E-state index is 8.62.